The maximum Gasteiger partial charge on any atom is 0.139 e. The molecule has 6 atom stereocenters. The molecule has 0 amide bonds. The van der Waals surface area contributed by atoms with Gasteiger partial charge < -0.3 is 10.2 Å². The smallest absolute Gasteiger partial charge is 0.139 e. The maximum absolute atomic E-state index is 12.6. The summed E-state index contributed by atoms with van der Waals surface area (Å²) in [6.45, 7) is 6.60. The van der Waals surface area contributed by atoms with E-state index >= 15 is 0 Å². The van der Waals surface area contributed by atoms with Crippen molar-refractivity contribution in [3.05, 3.63) is 11.6 Å². The highest BCUT2D eigenvalue weighted by Gasteiger charge is 2.58. The van der Waals surface area contributed by atoms with E-state index in [1.807, 2.05) is 0 Å². The van der Waals surface area contributed by atoms with Crippen molar-refractivity contribution in [2.45, 2.75) is 84.1 Å². The maximum atomic E-state index is 12.6. The molecule has 5 unspecified atom stereocenters. The molecule has 1 saturated heterocycles. The molecule has 5 rings (SSSR count). The molecule has 5 aliphatic rings. The van der Waals surface area contributed by atoms with E-state index in [9.17, 15) is 4.79 Å². The predicted octanol–water partition coefficient (Wildman–Crippen LogP) is 4.64. The van der Waals surface area contributed by atoms with E-state index in [0.29, 0.717) is 29.8 Å². The highest BCUT2D eigenvalue weighted by molar-refractivity contribution is 5.96. The van der Waals surface area contributed by atoms with Gasteiger partial charge in [0.25, 0.3) is 0 Å². The number of nitrogens with zero attached hydrogens (tertiary/aromatic N) is 1. The lowest BCUT2D eigenvalue weighted by Gasteiger charge is -2.57. The van der Waals surface area contributed by atoms with Crippen LogP contribution in [0.4, 0.5) is 0 Å². The summed E-state index contributed by atoms with van der Waals surface area (Å²) in [6, 6.07) is 0.479. The van der Waals surface area contributed by atoms with Crippen LogP contribution in [0.3, 0.4) is 0 Å². The lowest BCUT2D eigenvalue weighted by Crippen LogP contribution is -2.50. The van der Waals surface area contributed by atoms with Gasteiger partial charge in [-0.15, -0.1) is 0 Å². The van der Waals surface area contributed by atoms with Gasteiger partial charge in [-0.25, -0.2) is 0 Å². The normalized spacial score (nSPS) is 46.7. The van der Waals surface area contributed by atoms with Gasteiger partial charge >= 0.3 is 0 Å². The topological polar surface area (TPSA) is 50.7 Å². The molecule has 4 aliphatic carbocycles. The minimum atomic E-state index is -0.0118. The standard InChI is InChI=1S/C24H36N2O2/c1-23-11-9-17(26-28-15-18-4-3-13-25-18)14-16(23)5-6-19-20-7-8-22(27)24(20,2)12-10-21(19)23/h14,18-21,25H,3-13,15H2,1-2H3/b26-17+/t18?,19?,20?,21?,23-,24?/m0/s1. The molecule has 0 aromatic heterocycles. The second kappa shape index (κ2) is 6.97. The first kappa shape index (κ1) is 18.8. The van der Waals surface area contributed by atoms with Crippen LogP contribution in [0.2, 0.25) is 0 Å². The third-order valence-electron chi connectivity index (χ3n) is 9.31. The average Bonchev–Trinajstić information content (AvgIpc) is 3.30. The van der Waals surface area contributed by atoms with E-state index in [4.69, 9.17) is 4.84 Å². The van der Waals surface area contributed by atoms with Crippen molar-refractivity contribution in [1.29, 1.82) is 0 Å². The Balaban J connectivity index is 1.31. The number of oxime groups is 1. The van der Waals surface area contributed by atoms with Crippen LogP contribution in [0.25, 0.3) is 0 Å². The summed E-state index contributed by atoms with van der Waals surface area (Å²) in [4.78, 5) is 18.3. The van der Waals surface area contributed by atoms with Crippen LogP contribution in [0.15, 0.2) is 16.8 Å². The number of allylic oxidation sites excluding steroid dienone is 2. The molecule has 1 N–H and O–H groups in total. The number of hydrogen-bond acceptors (Lipinski definition) is 4. The zero-order valence-corrected chi connectivity index (χ0v) is 17.6. The zero-order valence-electron chi connectivity index (χ0n) is 17.6. The summed E-state index contributed by atoms with van der Waals surface area (Å²) >= 11 is 0. The largest absolute Gasteiger partial charge is 0.394 e. The number of carbonyl (C=O) groups is 1. The van der Waals surface area contributed by atoms with Crippen LogP contribution < -0.4 is 5.32 Å². The molecule has 154 valence electrons. The summed E-state index contributed by atoms with van der Waals surface area (Å²) in [7, 11) is 0. The average molecular weight is 385 g/mol. The summed E-state index contributed by atoms with van der Waals surface area (Å²) in [5.41, 5.74) is 3.04. The van der Waals surface area contributed by atoms with Gasteiger partial charge in [0.15, 0.2) is 0 Å². The van der Waals surface area contributed by atoms with Crippen LogP contribution in [-0.2, 0) is 9.63 Å². The first-order valence-electron chi connectivity index (χ1n) is 11.7. The minimum Gasteiger partial charge on any atom is -0.394 e. The second-order valence-electron chi connectivity index (χ2n) is 10.6. The summed E-state index contributed by atoms with van der Waals surface area (Å²) in [5.74, 6) is 2.68. The fourth-order valence-electron chi connectivity index (χ4n) is 7.52. The Kier molecular flexibility index (Phi) is 4.69. The monoisotopic (exact) mass is 384 g/mol. The summed E-state index contributed by atoms with van der Waals surface area (Å²) in [6.07, 6.45) is 13.8. The van der Waals surface area contributed by atoms with Gasteiger partial charge in [-0.2, -0.15) is 0 Å². The zero-order chi connectivity index (χ0) is 19.4. The Morgan fingerprint density at radius 2 is 1.93 bits per heavy atom. The molecule has 0 aromatic rings. The molecule has 28 heavy (non-hydrogen) atoms. The lowest BCUT2D eigenvalue weighted by atomic mass is 9.47. The predicted molar refractivity (Wildman–Crippen MR) is 111 cm³/mol. The molecule has 0 aromatic carbocycles. The van der Waals surface area contributed by atoms with E-state index in [2.05, 4.69) is 30.4 Å². The van der Waals surface area contributed by atoms with E-state index < -0.39 is 0 Å². The molecular weight excluding hydrogens is 348 g/mol. The van der Waals surface area contributed by atoms with Crippen LogP contribution >= 0.6 is 0 Å². The number of fused-ring (bicyclic) bond motifs is 5. The van der Waals surface area contributed by atoms with Crippen LogP contribution in [-0.4, -0.2) is 30.7 Å². The quantitative estimate of drug-likeness (QED) is 0.721. The molecule has 4 heteroatoms. The SMILES string of the molecule is CC12CCC3C(CCC4=C/C(=N/OCC5CCCN5)CC[C@@]43C)C1CCC2=O. The molecule has 1 heterocycles. The molecule has 1 aliphatic heterocycles. The minimum absolute atomic E-state index is 0.0118. The van der Waals surface area contributed by atoms with E-state index in [0.717, 1.165) is 49.8 Å². The van der Waals surface area contributed by atoms with Crippen LogP contribution in [0.5, 0.6) is 0 Å². The third-order valence-corrected chi connectivity index (χ3v) is 9.31. The van der Waals surface area contributed by atoms with Crippen molar-refractivity contribution in [3.8, 4) is 0 Å². The molecule has 4 nitrogen and oxygen atoms in total. The van der Waals surface area contributed by atoms with Gasteiger partial charge in [0, 0.05) is 17.9 Å². The number of carbonyl (C=O) groups excluding carboxylic acids is 1. The summed E-state index contributed by atoms with van der Waals surface area (Å²) in [5, 5.41) is 7.97. The van der Waals surface area contributed by atoms with Crippen molar-refractivity contribution < 1.29 is 9.63 Å². The lowest BCUT2D eigenvalue weighted by molar-refractivity contribution is -0.132. The van der Waals surface area contributed by atoms with Gasteiger partial charge in [-0.3, -0.25) is 4.79 Å². The molecule has 0 spiro atoms. The summed E-state index contributed by atoms with van der Waals surface area (Å²) < 4.78 is 0. The second-order valence-corrected chi connectivity index (χ2v) is 10.6. The molecule has 0 radical (unpaired) electrons. The van der Waals surface area contributed by atoms with Gasteiger partial charge in [0.1, 0.15) is 12.4 Å². The Morgan fingerprint density at radius 1 is 1.07 bits per heavy atom. The van der Waals surface area contributed by atoms with E-state index in [-0.39, 0.29) is 5.41 Å². The van der Waals surface area contributed by atoms with Gasteiger partial charge in [0.05, 0.1) is 5.71 Å². The fourth-order valence-corrected chi connectivity index (χ4v) is 7.52. The molecule has 4 fully saturated rings. The number of ketones is 1. The van der Waals surface area contributed by atoms with Gasteiger partial charge in [-0.05, 0) is 93.6 Å². The fraction of sp³-hybridized carbons (Fsp3) is 0.833. The Morgan fingerprint density at radius 3 is 2.75 bits per heavy atom. The number of Topliss-reactive ketones (excluding diaryl/α,β-unsaturated/α-hetero) is 1. The van der Waals surface area contributed by atoms with Crippen molar-refractivity contribution in [2.24, 2.45) is 33.7 Å². The Bertz CT molecular complexity index is 707. The van der Waals surface area contributed by atoms with Crippen molar-refractivity contribution in [1.82, 2.24) is 5.32 Å². The van der Waals surface area contributed by atoms with Crippen molar-refractivity contribution in [2.75, 3.05) is 13.2 Å². The molecular formula is C24H36N2O2. The van der Waals surface area contributed by atoms with Crippen molar-refractivity contribution >= 4 is 11.5 Å². The van der Waals surface area contributed by atoms with E-state index in [1.54, 1.807) is 5.57 Å². The highest BCUT2D eigenvalue weighted by Crippen LogP contribution is 2.64. The third kappa shape index (κ3) is 2.89. The van der Waals surface area contributed by atoms with Crippen molar-refractivity contribution in [3.63, 3.8) is 0 Å². The van der Waals surface area contributed by atoms with Crippen LogP contribution in [0.1, 0.15) is 78.1 Å². The highest BCUT2D eigenvalue weighted by atomic mass is 16.6. The van der Waals surface area contributed by atoms with Gasteiger partial charge in [0.2, 0.25) is 0 Å². The Hall–Kier alpha value is -1.16. The Labute approximate surface area is 169 Å². The first-order chi connectivity index (χ1) is 13.5. The molecule has 3 saturated carbocycles. The molecule has 0 bridgehead atoms. The number of nitrogens with one attached hydrogen (secondary N) is 1. The van der Waals surface area contributed by atoms with E-state index in [1.165, 1.54) is 38.5 Å². The number of rotatable bonds is 3. The van der Waals surface area contributed by atoms with Gasteiger partial charge in [-0.1, -0.05) is 24.6 Å². The number of hydrogen-bond donors (Lipinski definition) is 1. The first-order valence-corrected chi connectivity index (χ1v) is 11.7. The van der Waals surface area contributed by atoms with Crippen LogP contribution in [0, 0.1) is 28.6 Å².